The molecule has 0 saturated heterocycles. The number of amides is 1. The minimum atomic E-state index is -2.30. The number of aliphatic hydroxyl groups is 1. The summed E-state index contributed by atoms with van der Waals surface area (Å²) in [5, 5.41) is 14.2. The average Bonchev–Trinajstić information content (AvgIpc) is 2.65. The van der Waals surface area contributed by atoms with E-state index in [-0.39, 0.29) is 37.3 Å². The molecule has 0 saturated carbocycles. The molecule has 1 amide bonds. The summed E-state index contributed by atoms with van der Waals surface area (Å²) in [5.74, 6) is -0.803. The first kappa shape index (κ1) is 20.0. The fraction of sp³-hybridized carbons (Fsp3) is 0.368. The van der Waals surface area contributed by atoms with Crippen LogP contribution >= 0.6 is 23.2 Å². The predicted molar refractivity (Wildman–Crippen MR) is 100 cm³/mol. The zero-order chi connectivity index (χ0) is 19.7. The van der Waals surface area contributed by atoms with Crippen LogP contribution in [0.3, 0.4) is 0 Å². The van der Waals surface area contributed by atoms with Gasteiger partial charge in [0, 0.05) is 35.5 Å². The van der Waals surface area contributed by atoms with Crippen molar-refractivity contribution in [2.45, 2.75) is 30.7 Å². The zero-order valence-electron chi connectivity index (χ0n) is 14.6. The third-order valence-electron chi connectivity index (χ3n) is 4.76. The van der Waals surface area contributed by atoms with Crippen LogP contribution in [0.2, 0.25) is 10.0 Å². The molecule has 0 spiro atoms. The Kier molecular flexibility index (Phi) is 5.72. The summed E-state index contributed by atoms with van der Waals surface area (Å²) in [6, 6.07) is 7.88. The molecule has 2 aromatic rings. The summed E-state index contributed by atoms with van der Waals surface area (Å²) in [6.07, 6.45) is 1.28. The van der Waals surface area contributed by atoms with E-state index < -0.39 is 17.2 Å². The first-order chi connectivity index (χ1) is 12.8. The normalized spacial score (nSPS) is 24.3. The Labute approximate surface area is 166 Å². The van der Waals surface area contributed by atoms with E-state index in [1.165, 1.54) is 25.4 Å². The average molecular weight is 413 g/mol. The number of aromatic nitrogens is 1. The van der Waals surface area contributed by atoms with Crippen molar-refractivity contribution in [3.63, 3.8) is 0 Å². The lowest BCUT2D eigenvalue weighted by Gasteiger charge is -2.39. The van der Waals surface area contributed by atoms with E-state index in [1.54, 1.807) is 18.2 Å². The second-order valence-corrected chi connectivity index (χ2v) is 7.43. The van der Waals surface area contributed by atoms with Gasteiger partial charge in [0.15, 0.2) is 0 Å². The number of nitrogens with zero attached hydrogens (tertiary/aromatic N) is 1. The van der Waals surface area contributed by atoms with Gasteiger partial charge in [0.05, 0.1) is 12.3 Å². The molecule has 2 atom stereocenters. The maximum Gasteiger partial charge on any atom is 0.262 e. The number of fused-ring (bicyclic) bond motifs is 1. The lowest BCUT2D eigenvalue weighted by molar-refractivity contribution is -0.138. The standard InChI is InChI=1S/C19H19Cl2FN2O3/c1-27-11-18(26)6-7-19(22,14-3-2-8-23-16(14)18)17(25)24-10-12-4-5-13(20)9-15(12)21/h2-5,8-9,26H,6-7,10-11H2,1H3,(H,24,25)/t18-,19+/m1/s1. The second-order valence-electron chi connectivity index (χ2n) is 6.58. The van der Waals surface area contributed by atoms with E-state index >= 15 is 4.39 Å². The van der Waals surface area contributed by atoms with Crippen molar-refractivity contribution in [1.29, 1.82) is 0 Å². The summed E-state index contributed by atoms with van der Waals surface area (Å²) in [4.78, 5) is 16.8. The highest BCUT2D eigenvalue weighted by molar-refractivity contribution is 6.35. The zero-order valence-corrected chi connectivity index (χ0v) is 16.1. The van der Waals surface area contributed by atoms with Gasteiger partial charge in [-0.1, -0.05) is 35.3 Å². The third kappa shape index (κ3) is 3.80. The Bertz CT molecular complexity index is 867. The molecule has 3 rings (SSSR count). The van der Waals surface area contributed by atoms with Crippen LogP contribution in [0.4, 0.5) is 4.39 Å². The molecule has 0 bridgehead atoms. The van der Waals surface area contributed by atoms with E-state index in [2.05, 4.69) is 10.3 Å². The molecule has 1 aliphatic carbocycles. The van der Waals surface area contributed by atoms with Crippen molar-refractivity contribution in [3.05, 3.63) is 63.4 Å². The van der Waals surface area contributed by atoms with Crippen molar-refractivity contribution < 1.29 is 19.0 Å². The van der Waals surface area contributed by atoms with E-state index in [0.29, 0.717) is 15.6 Å². The Balaban J connectivity index is 1.85. The number of rotatable bonds is 5. The summed E-state index contributed by atoms with van der Waals surface area (Å²) in [7, 11) is 1.44. The monoisotopic (exact) mass is 412 g/mol. The quantitative estimate of drug-likeness (QED) is 0.787. The first-order valence-corrected chi connectivity index (χ1v) is 9.14. The SMILES string of the molecule is COC[C@]1(O)CC[C@@](F)(C(=O)NCc2ccc(Cl)cc2Cl)c2cccnc21. The fourth-order valence-electron chi connectivity index (χ4n) is 3.32. The van der Waals surface area contributed by atoms with Crippen LogP contribution < -0.4 is 5.32 Å². The van der Waals surface area contributed by atoms with Gasteiger partial charge in [0.25, 0.3) is 5.91 Å². The maximum absolute atomic E-state index is 15.8. The van der Waals surface area contributed by atoms with Crippen LogP contribution in [0.25, 0.3) is 0 Å². The summed E-state index contributed by atoms with van der Waals surface area (Å²) < 4.78 is 20.8. The molecule has 0 unspecified atom stereocenters. The van der Waals surface area contributed by atoms with Crippen molar-refractivity contribution in [2.24, 2.45) is 0 Å². The van der Waals surface area contributed by atoms with E-state index in [1.807, 2.05) is 0 Å². The van der Waals surface area contributed by atoms with Crippen LogP contribution in [0.15, 0.2) is 36.5 Å². The fourth-order valence-corrected chi connectivity index (χ4v) is 3.80. The number of pyridine rings is 1. The molecule has 1 aromatic heterocycles. The molecule has 2 N–H and O–H groups in total. The number of nitrogens with one attached hydrogen (secondary N) is 1. The Morgan fingerprint density at radius 2 is 2.15 bits per heavy atom. The summed E-state index contributed by atoms with van der Waals surface area (Å²) >= 11 is 12.0. The second kappa shape index (κ2) is 7.72. The molecule has 1 aromatic carbocycles. The molecule has 0 fully saturated rings. The van der Waals surface area contributed by atoms with Gasteiger partial charge < -0.3 is 15.2 Å². The van der Waals surface area contributed by atoms with Crippen LogP contribution in [0.1, 0.15) is 29.7 Å². The molecule has 8 heteroatoms. The number of benzene rings is 1. The molecule has 0 aliphatic heterocycles. The lowest BCUT2D eigenvalue weighted by atomic mass is 9.74. The number of alkyl halides is 1. The molecule has 144 valence electrons. The van der Waals surface area contributed by atoms with Gasteiger partial charge in [0.1, 0.15) is 5.60 Å². The van der Waals surface area contributed by atoms with Crippen LogP contribution in [-0.2, 0) is 27.3 Å². The molecular formula is C19H19Cl2FN2O3. The van der Waals surface area contributed by atoms with Crippen molar-refractivity contribution >= 4 is 29.1 Å². The molecule has 1 heterocycles. The van der Waals surface area contributed by atoms with Crippen molar-refractivity contribution in [1.82, 2.24) is 10.3 Å². The minimum Gasteiger partial charge on any atom is -0.381 e. The summed E-state index contributed by atoms with van der Waals surface area (Å²) in [6.45, 7) is 0.0214. The highest BCUT2D eigenvalue weighted by Gasteiger charge is 2.51. The Hall–Kier alpha value is -1.73. The number of methoxy groups -OCH3 is 1. The number of hydrogen-bond donors (Lipinski definition) is 2. The molecule has 0 radical (unpaired) electrons. The maximum atomic E-state index is 15.8. The molecule has 27 heavy (non-hydrogen) atoms. The molecular weight excluding hydrogens is 394 g/mol. The largest absolute Gasteiger partial charge is 0.381 e. The lowest BCUT2D eigenvalue weighted by Crippen LogP contribution is -2.49. The van der Waals surface area contributed by atoms with Crippen molar-refractivity contribution in [3.8, 4) is 0 Å². The Morgan fingerprint density at radius 3 is 2.85 bits per heavy atom. The minimum absolute atomic E-state index is 0.0104. The topological polar surface area (TPSA) is 71.5 Å². The van der Waals surface area contributed by atoms with Gasteiger partial charge in [-0.05, 0) is 36.6 Å². The number of hydrogen-bond acceptors (Lipinski definition) is 4. The predicted octanol–water partition coefficient (Wildman–Crippen LogP) is 3.50. The van der Waals surface area contributed by atoms with E-state index in [9.17, 15) is 9.90 Å². The highest BCUT2D eigenvalue weighted by atomic mass is 35.5. The van der Waals surface area contributed by atoms with Crippen LogP contribution in [-0.4, -0.2) is 29.7 Å². The molecule has 5 nitrogen and oxygen atoms in total. The molecule has 1 aliphatic rings. The third-order valence-corrected chi connectivity index (χ3v) is 5.34. The van der Waals surface area contributed by atoms with Crippen molar-refractivity contribution in [2.75, 3.05) is 13.7 Å². The van der Waals surface area contributed by atoms with Crippen LogP contribution in [0, 0.1) is 0 Å². The van der Waals surface area contributed by atoms with Gasteiger partial charge in [-0.25, -0.2) is 4.39 Å². The Morgan fingerprint density at radius 1 is 1.37 bits per heavy atom. The van der Waals surface area contributed by atoms with Gasteiger partial charge in [0.2, 0.25) is 5.67 Å². The number of carbonyl (C=O) groups is 1. The first-order valence-electron chi connectivity index (χ1n) is 8.38. The van der Waals surface area contributed by atoms with E-state index in [4.69, 9.17) is 27.9 Å². The van der Waals surface area contributed by atoms with Gasteiger partial charge in [-0.2, -0.15) is 0 Å². The number of halogens is 3. The van der Waals surface area contributed by atoms with Gasteiger partial charge >= 0.3 is 0 Å². The number of carbonyl (C=O) groups excluding carboxylic acids is 1. The van der Waals surface area contributed by atoms with Crippen LogP contribution in [0.5, 0.6) is 0 Å². The highest BCUT2D eigenvalue weighted by Crippen LogP contribution is 2.45. The number of ether oxygens (including phenoxy) is 1. The van der Waals surface area contributed by atoms with Gasteiger partial charge in [-0.15, -0.1) is 0 Å². The van der Waals surface area contributed by atoms with Gasteiger partial charge in [-0.3, -0.25) is 9.78 Å². The smallest absolute Gasteiger partial charge is 0.262 e. The van der Waals surface area contributed by atoms with E-state index in [0.717, 1.165) is 0 Å². The summed E-state index contributed by atoms with van der Waals surface area (Å²) in [5.41, 5.74) is -2.93.